The van der Waals surface area contributed by atoms with Crippen LogP contribution in [0.15, 0.2) is 47.3 Å². The lowest BCUT2D eigenvalue weighted by atomic mass is 10.0. The number of para-hydroxylation sites is 3. The molecule has 0 bridgehead atoms. The Bertz CT molecular complexity index is 1080. The summed E-state index contributed by atoms with van der Waals surface area (Å²) in [6.07, 6.45) is -0.349. The molecule has 5 N–H and O–H groups in total. The first-order chi connectivity index (χ1) is 12.4. The highest BCUT2D eigenvalue weighted by atomic mass is 16.1. The highest BCUT2D eigenvalue weighted by molar-refractivity contribution is 6.07. The van der Waals surface area contributed by atoms with Crippen LogP contribution >= 0.6 is 0 Å². The maximum absolute atomic E-state index is 12.9. The zero-order chi connectivity index (χ0) is 18.6. The predicted octanol–water partition coefficient (Wildman–Crippen LogP) is 1.79. The fraction of sp³-hybridized carbons (Fsp3) is 0.158. The summed E-state index contributed by atoms with van der Waals surface area (Å²) < 4.78 is 0. The number of H-pyrrole nitrogens is 1. The third kappa shape index (κ3) is 2.07. The van der Waals surface area contributed by atoms with Crippen molar-refractivity contribution in [1.82, 2.24) is 4.98 Å². The van der Waals surface area contributed by atoms with E-state index in [2.05, 4.69) is 4.98 Å². The third-order valence-corrected chi connectivity index (χ3v) is 5.03. The number of hydrogen-bond acceptors (Lipinski definition) is 5. The Morgan fingerprint density at radius 2 is 1.65 bits per heavy atom. The van der Waals surface area contributed by atoms with E-state index in [-0.39, 0.29) is 17.3 Å². The normalized spacial score (nSPS) is 14.1. The van der Waals surface area contributed by atoms with Gasteiger partial charge in [0.1, 0.15) is 6.17 Å². The van der Waals surface area contributed by atoms with Crippen molar-refractivity contribution in [2.75, 3.05) is 29.6 Å². The van der Waals surface area contributed by atoms with Crippen molar-refractivity contribution in [3.8, 4) is 0 Å². The number of hydrogen-bond donors (Lipinski definition) is 3. The summed E-state index contributed by atoms with van der Waals surface area (Å²) in [5, 5.41) is 0.605. The Balaban J connectivity index is 1.97. The van der Waals surface area contributed by atoms with Gasteiger partial charge in [0.2, 0.25) is 0 Å². The number of nitrogens with zero attached hydrogens (tertiary/aromatic N) is 2. The van der Waals surface area contributed by atoms with E-state index >= 15 is 0 Å². The smallest absolute Gasteiger partial charge is 0.257 e. The van der Waals surface area contributed by atoms with Gasteiger partial charge in [-0.2, -0.15) is 0 Å². The summed E-state index contributed by atoms with van der Waals surface area (Å²) in [6, 6.07) is 13.0. The van der Waals surface area contributed by atoms with Gasteiger partial charge in [0, 0.05) is 19.5 Å². The number of nitrogen functional groups attached to an aromatic ring is 1. The van der Waals surface area contributed by atoms with Crippen LogP contribution in [0.3, 0.4) is 0 Å². The van der Waals surface area contributed by atoms with E-state index < -0.39 is 5.91 Å². The van der Waals surface area contributed by atoms with Crippen molar-refractivity contribution in [2.24, 2.45) is 5.73 Å². The molecule has 0 atom stereocenters. The molecule has 0 fully saturated rings. The zero-order valence-corrected chi connectivity index (χ0v) is 14.5. The molecule has 132 valence electrons. The van der Waals surface area contributed by atoms with Crippen LogP contribution < -0.4 is 26.8 Å². The molecule has 2 aromatic carbocycles. The van der Waals surface area contributed by atoms with Crippen LogP contribution in [0.2, 0.25) is 0 Å². The Morgan fingerprint density at radius 3 is 2.23 bits per heavy atom. The van der Waals surface area contributed by atoms with E-state index in [1.807, 2.05) is 48.2 Å². The van der Waals surface area contributed by atoms with Crippen molar-refractivity contribution < 1.29 is 4.79 Å². The van der Waals surface area contributed by atoms with Crippen molar-refractivity contribution >= 4 is 33.9 Å². The molecule has 0 saturated heterocycles. The third-order valence-electron chi connectivity index (χ3n) is 5.03. The van der Waals surface area contributed by atoms with Gasteiger partial charge in [0.15, 0.2) is 0 Å². The van der Waals surface area contributed by atoms with Crippen LogP contribution in [0.4, 0.5) is 17.1 Å². The second-order valence-corrected chi connectivity index (χ2v) is 6.46. The Kier molecular flexibility index (Phi) is 3.40. The maximum Gasteiger partial charge on any atom is 0.257 e. The summed E-state index contributed by atoms with van der Waals surface area (Å²) in [6.45, 7) is 0. The molecule has 0 saturated carbocycles. The lowest BCUT2D eigenvalue weighted by Crippen LogP contribution is -2.36. The van der Waals surface area contributed by atoms with Crippen molar-refractivity contribution in [3.63, 3.8) is 0 Å². The van der Waals surface area contributed by atoms with Crippen molar-refractivity contribution in [2.45, 2.75) is 6.17 Å². The number of benzene rings is 2. The van der Waals surface area contributed by atoms with E-state index in [4.69, 9.17) is 11.5 Å². The first-order valence-electron chi connectivity index (χ1n) is 8.20. The fourth-order valence-corrected chi connectivity index (χ4v) is 3.79. The number of amides is 1. The van der Waals surface area contributed by atoms with E-state index in [0.717, 1.165) is 11.4 Å². The summed E-state index contributed by atoms with van der Waals surface area (Å²) >= 11 is 0. The minimum absolute atomic E-state index is 0.245. The number of rotatable bonds is 2. The largest absolute Gasteiger partial charge is 0.398 e. The predicted molar refractivity (Wildman–Crippen MR) is 103 cm³/mol. The number of nitrogens with one attached hydrogen (secondary N) is 1. The number of aromatic nitrogens is 1. The quantitative estimate of drug-likeness (QED) is 0.654. The van der Waals surface area contributed by atoms with E-state index in [9.17, 15) is 9.59 Å². The molecule has 0 spiro atoms. The van der Waals surface area contributed by atoms with Gasteiger partial charge in [-0.3, -0.25) is 9.59 Å². The molecule has 0 aliphatic carbocycles. The zero-order valence-electron chi connectivity index (χ0n) is 14.5. The molecule has 1 aliphatic rings. The lowest BCUT2D eigenvalue weighted by molar-refractivity contribution is 0.100. The van der Waals surface area contributed by atoms with Crippen LogP contribution in [-0.2, 0) is 0 Å². The number of carbonyl (C=O) groups is 1. The van der Waals surface area contributed by atoms with Gasteiger partial charge in [-0.15, -0.1) is 0 Å². The molecular formula is C19H19N5O2. The number of nitrogens with two attached hydrogens (primary N) is 2. The van der Waals surface area contributed by atoms with Gasteiger partial charge in [0.05, 0.1) is 33.7 Å². The molecule has 26 heavy (non-hydrogen) atoms. The van der Waals surface area contributed by atoms with Crippen LogP contribution in [0.5, 0.6) is 0 Å². The van der Waals surface area contributed by atoms with Crippen LogP contribution in [-0.4, -0.2) is 25.0 Å². The molecule has 1 amide bonds. The number of fused-ring (bicyclic) bond motifs is 2. The molecule has 7 nitrogen and oxygen atoms in total. The SMILES string of the molecule is CN1c2ccccc2N(C)C1c1c(N)c2cccc(C(N)=O)c2[nH]c1=O. The summed E-state index contributed by atoms with van der Waals surface area (Å²) in [5.41, 5.74) is 14.9. The van der Waals surface area contributed by atoms with Gasteiger partial charge in [0.25, 0.3) is 11.5 Å². The number of carbonyl (C=O) groups excluding carboxylic acids is 1. The van der Waals surface area contributed by atoms with Crippen LogP contribution in [0.1, 0.15) is 22.1 Å². The molecule has 0 radical (unpaired) electrons. The van der Waals surface area contributed by atoms with Gasteiger partial charge in [-0.05, 0) is 18.2 Å². The van der Waals surface area contributed by atoms with Gasteiger partial charge in [-0.25, -0.2) is 0 Å². The average Bonchev–Trinajstić information content (AvgIpc) is 2.87. The molecule has 0 unspecified atom stereocenters. The monoisotopic (exact) mass is 349 g/mol. The molecule has 7 heteroatoms. The standard InChI is InChI=1S/C19H19N5O2/c1-23-12-8-3-4-9-13(12)24(2)19(23)14-15(20)10-6-5-7-11(17(21)25)16(10)22-18(14)26/h3-9,19H,1-2H3,(H2,21,25)(H3,20,22,26). The molecule has 3 aromatic rings. The molecule has 1 aromatic heterocycles. The highest BCUT2D eigenvalue weighted by Gasteiger charge is 2.35. The molecule has 2 heterocycles. The number of anilines is 3. The molecular weight excluding hydrogens is 330 g/mol. The highest BCUT2D eigenvalue weighted by Crippen LogP contribution is 2.45. The lowest BCUT2D eigenvalue weighted by Gasteiger charge is -2.29. The molecule has 1 aliphatic heterocycles. The van der Waals surface area contributed by atoms with E-state index in [0.29, 0.717) is 22.2 Å². The second-order valence-electron chi connectivity index (χ2n) is 6.46. The second kappa shape index (κ2) is 5.52. The van der Waals surface area contributed by atoms with Crippen molar-refractivity contribution in [1.29, 1.82) is 0 Å². The van der Waals surface area contributed by atoms with Crippen LogP contribution in [0.25, 0.3) is 10.9 Å². The van der Waals surface area contributed by atoms with Gasteiger partial charge in [-0.1, -0.05) is 24.3 Å². The molecule has 4 rings (SSSR count). The number of primary amides is 1. The first kappa shape index (κ1) is 16.0. The topological polar surface area (TPSA) is 108 Å². The summed E-state index contributed by atoms with van der Waals surface area (Å²) in [4.78, 5) is 31.4. The number of pyridine rings is 1. The van der Waals surface area contributed by atoms with Crippen molar-refractivity contribution in [3.05, 3.63) is 63.9 Å². The maximum atomic E-state index is 12.9. The Hall–Kier alpha value is -3.48. The summed E-state index contributed by atoms with van der Waals surface area (Å²) in [7, 11) is 3.85. The van der Waals surface area contributed by atoms with Gasteiger partial charge < -0.3 is 26.3 Å². The minimum Gasteiger partial charge on any atom is -0.398 e. The van der Waals surface area contributed by atoms with E-state index in [1.165, 1.54) is 0 Å². The first-order valence-corrected chi connectivity index (χ1v) is 8.20. The summed E-state index contributed by atoms with van der Waals surface area (Å²) in [5.74, 6) is -0.610. The van der Waals surface area contributed by atoms with Gasteiger partial charge >= 0.3 is 0 Å². The Labute approximate surface area is 149 Å². The van der Waals surface area contributed by atoms with E-state index in [1.54, 1.807) is 18.2 Å². The number of aromatic amines is 1. The Morgan fingerprint density at radius 1 is 1.04 bits per heavy atom. The average molecular weight is 349 g/mol. The minimum atomic E-state index is -0.610. The van der Waals surface area contributed by atoms with Crippen LogP contribution in [0, 0.1) is 0 Å². The fourth-order valence-electron chi connectivity index (χ4n) is 3.79.